The third-order valence-electron chi connectivity index (χ3n) is 5.17. The second kappa shape index (κ2) is 9.17. The number of carbonyl (C=O) groups excluding carboxylic acids is 1. The Morgan fingerprint density at radius 3 is 3.03 bits per heavy atom. The first-order valence-electron chi connectivity index (χ1n) is 10.3. The number of benzene rings is 1. The summed E-state index contributed by atoms with van der Waals surface area (Å²) in [7, 11) is 0. The molecule has 158 valence electrons. The molecule has 0 saturated carbocycles. The van der Waals surface area contributed by atoms with Crippen LogP contribution in [0.15, 0.2) is 47.2 Å². The van der Waals surface area contributed by atoms with Gasteiger partial charge in [0.25, 0.3) is 0 Å². The van der Waals surface area contributed by atoms with Gasteiger partial charge in [-0.1, -0.05) is 11.6 Å². The highest BCUT2D eigenvalue weighted by atomic mass is 16.5. The number of nitrogens with zero attached hydrogens (tertiary/aromatic N) is 3. The zero-order valence-corrected chi connectivity index (χ0v) is 17.5. The Kier molecular flexibility index (Phi) is 6.18. The fourth-order valence-electron chi connectivity index (χ4n) is 3.68. The molecule has 30 heavy (non-hydrogen) atoms. The Hall–Kier alpha value is -3.06. The molecular formula is C23H27N3O4. The van der Waals surface area contributed by atoms with E-state index in [1.165, 1.54) is 0 Å². The fourth-order valence-corrected chi connectivity index (χ4v) is 3.68. The first-order valence-corrected chi connectivity index (χ1v) is 10.3. The van der Waals surface area contributed by atoms with Gasteiger partial charge in [-0.25, -0.2) is 0 Å². The molecule has 0 aliphatic carbocycles. The molecule has 3 heterocycles. The predicted octanol–water partition coefficient (Wildman–Crippen LogP) is 3.80. The summed E-state index contributed by atoms with van der Waals surface area (Å²) in [6.07, 6.45) is 4.19. The Morgan fingerprint density at radius 2 is 2.23 bits per heavy atom. The maximum atomic E-state index is 13.2. The van der Waals surface area contributed by atoms with Crippen LogP contribution in [0.3, 0.4) is 0 Å². The molecule has 0 saturated heterocycles. The van der Waals surface area contributed by atoms with E-state index < -0.39 is 0 Å². The third kappa shape index (κ3) is 4.41. The maximum Gasteiger partial charge on any atom is 0.244 e. The summed E-state index contributed by atoms with van der Waals surface area (Å²) >= 11 is 0. The monoisotopic (exact) mass is 409 g/mol. The van der Waals surface area contributed by atoms with Gasteiger partial charge in [0.15, 0.2) is 0 Å². The van der Waals surface area contributed by atoms with Gasteiger partial charge in [-0.15, -0.1) is 0 Å². The van der Waals surface area contributed by atoms with E-state index in [9.17, 15) is 4.79 Å². The van der Waals surface area contributed by atoms with Crippen LogP contribution in [-0.4, -0.2) is 40.3 Å². The molecule has 0 fully saturated rings. The van der Waals surface area contributed by atoms with Gasteiger partial charge < -0.3 is 18.8 Å². The van der Waals surface area contributed by atoms with Crippen molar-refractivity contribution in [3.05, 3.63) is 59.7 Å². The summed E-state index contributed by atoms with van der Waals surface area (Å²) < 4.78 is 18.5. The van der Waals surface area contributed by atoms with E-state index in [1.807, 2.05) is 43.0 Å². The number of rotatable bonds is 9. The minimum atomic E-state index is -0.00510. The Balaban J connectivity index is 1.53. The van der Waals surface area contributed by atoms with Crippen molar-refractivity contribution < 1.29 is 18.7 Å². The van der Waals surface area contributed by atoms with Gasteiger partial charge in [0.2, 0.25) is 5.91 Å². The van der Waals surface area contributed by atoms with Crippen LogP contribution in [0.5, 0.6) is 5.75 Å². The molecule has 0 spiro atoms. The molecule has 1 aliphatic heterocycles. The SMILES string of the molecule is CCOCCCN(Cc1ccco1)C(=O)Cn1ncc2c1-c1cc(C)ccc1OC2. The summed E-state index contributed by atoms with van der Waals surface area (Å²) in [5.41, 5.74) is 4.07. The lowest BCUT2D eigenvalue weighted by Crippen LogP contribution is -2.35. The standard InChI is InChI=1S/C23H27N3O4/c1-3-28-10-5-9-25(14-19-6-4-11-29-19)22(27)15-26-23-18(13-24-26)16-30-21-8-7-17(2)12-20(21)23/h4,6-8,11-13H,3,5,9-10,14-16H2,1-2H3. The lowest BCUT2D eigenvalue weighted by Gasteiger charge is -2.23. The minimum absolute atomic E-state index is 0.00510. The summed E-state index contributed by atoms with van der Waals surface area (Å²) in [5, 5.41) is 4.50. The van der Waals surface area contributed by atoms with Crippen LogP contribution in [-0.2, 0) is 29.2 Å². The molecule has 7 nitrogen and oxygen atoms in total. The Bertz CT molecular complexity index is 994. The van der Waals surface area contributed by atoms with E-state index in [-0.39, 0.29) is 12.5 Å². The molecule has 1 aliphatic rings. The minimum Gasteiger partial charge on any atom is -0.488 e. The number of amides is 1. The molecule has 0 radical (unpaired) electrons. The van der Waals surface area contributed by atoms with Crippen LogP contribution in [0, 0.1) is 6.92 Å². The Labute approximate surface area is 176 Å². The van der Waals surface area contributed by atoms with Gasteiger partial charge in [-0.2, -0.15) is 5.10 Å². The van der Waals surface area contributed by atoms with Crippen LogP contribution in [0.25, 0.3) is 11.3 Å². The number of hydrogen-bond acceptors (Lipinski definition) is 5. The van der Waals surface area contributed by atoms with E-state index in [1.54, 1.807) is 17.1 Å². The summed E-state index contributed by atoms with van der Waals surface area (Å²) in [6.45, 7) is 6.97. The lowest BCUT2D eigenvalue weighted by molar-refractivity contribution is -0.133. The van der Waals surface area contributed by atoms with Crippen molar-refractivity contribution in [2.24, 2.45) is 0 Å². The van der Waals surface area contributed by atoms with Crippen molar-refractivity contribution in [3.8, 4) is 17.0 Å². The summed E-state index contributed by atoms with van der Waals surface area (Å²) in [6, 6.07) is 9.80. The second-order valence-corrected chi connectivity index (χ2v) is 7.41. The Morgan fingerprint density at radius 1 is 1.33 bits per heavy atom. The second-order valence-electron chi connectivity index (χ2n) is 7.41. The molecule has 0 atom stereocenters. The first kappa shape index (κ1) is 20.2. The fraction of sp³-hybridized carbons (Fsp3) is 0.391. The average Bonchev–Trinajstić information content (AvgIpc) is 3.40. The van der Waals surface area contributed by atoms with Gasteiger partial charge in [-0.3, -0.25) is 9.48 Å². The number of ether oxygens (including phenoxy) is 2. The van der Waals surface area contributed by atoms with E-state index >= 15 is 0 Å². The van der Waals surface area contributed by atoms with Gasteiger partial charge >= 0.3 is 0 Å². The van der Waals surface area contributed by atoms with E-state index in [0.717, 1.165) is 40.3 Å². The van der Waals surface area contributed by atoms with Gasteiger partial charge in [0.05, 0.1) is 24.7 Å². The molecule has 0 bridgehead atoms. The topological polar surface area (TPSA) is 69.7 Å². The molecule has 1 amide bonds. The largest absolute Gasteiger partial charge is 0.488 e. The molecule has 2 aromatic heterocycles. The van der Waals surface area contributed by atoms with Gasteiger partial charge in [0.1, 0.15) is 24.7 Å². The van der Waals surface area contributed by atoms with Crippen molar-refractivity contribution in [2.75, 3.05) is 19.8 Å². The number of hydrogen-bond donors (Lipinski definition) is 0. The van der Waals surface area contributed by atoms with Crippen molar-refractivity contribution >= 4 is 5.91 Å². The third-order valence-corrected chi connectivity index (χ3v) is 5.17. The molecule has 1 aromatic carbocycles. The zero-order chi connectivity index (χ0) is 20.9. The highest BCUT2D eigenvalue weighted by Crippen LogP contribution is 2.38. The van der Waals surface area contributed by atoms with Crippen LogP contribution in [0.2, 0.25) is 0 Å². The van der Waals surface area contributed by atoms with E-state index in [4.69, 9.17) is 13.9 Å². The highest BCUT2D eigenvalue weighted by Gasteiger charge is 2.25. The highest BCUT2D eigenvalue weighted by molar-refractivity contribution is 5.78. The maximum absolute atomic E-state index is 13.2. The number of carbonyl (C=O) groups is 1. The summed E-state index contributed by atoms with van der Waals surface area (Å²) in [5.74, 6) is 1.58. The molecule has 7 heteroatoms. The number of fused-ring (bicyclic) bond motifs is 3. The average molecular weight is 409 g/mol. The van der Waals surface area contributed by atoms with Crippen LogP contribution in [0.4, 0.5) is 0 Å². The van der Waals surface area contributed by atoms with E-state index in [2.05, 4.69) is 11.2 Å². The number of aryl methyl sites for hydroxylation is 1. The normalized spacial score (nSPS) is 12.2. The molecule has 0 unspecified atom stereocenters. The summed E-state index contributed by atoms with van der Waals surface area (Å²) in [4.78, 5) is 15.0. The first-order chi connectivity index (χ1) is 14.7. The smallest absolute Gasteiger partial charge is 0.244 e. The quantitative estimate of drug-likeness (QED) is 0.503. The van der Waals surface area contributed by atoms with E-state index in [0.29, 0.717) is 32.9 Å². The van der Waals surface area contributed by atoms with Crippen LogP contribution < -0.4 is 4.74 Å². The predicted molar refractivity (Wildman–Crippen MR) is 112 cm³/mol. The van der Waals surface area contributed by atoms with Crippen LogP contribution >= 0.6 is 0 Å². The number of aromatic nitrogens is 2. The van der Waals surface area contributed by atoms with Crippen molar-refractivity contribution in [1.29, 1.82) is 0 Å². The zero-order valence-electron chi connectivity index (χ0n) is 17.5. The number of furan rings is 1. The van der Waals surface area contributed by atoms with Gasteiger partial charge in [0, 0.05) is 30.9 Å². The lowest BCUT2D eigenvalue weighted by atomic mass is 10.0. The molecule has 3 aromatic rings. The van der Waals surface area contributed by atoms with Gasteiger partial charge in [-0.05, 0) is 44.5 Å². The van der Waals surface area contributed by atoms with Crippen molar-refractivity contribution in [2.45, 2.75) is 40.0 Å². The molecular weight excluding hydrogens is 382 g/mol. The van der Waals surface area contributed by atoms with Crippen molar-refractivity contribution in [1.82, 2.24) is 14.7 Å². The molecule has 0 N–H and O–H groups in total. The molecule has 4 rings (SSSR count). The van der Waals surface area contributed by atoms with Crippen LogP contribution in [0.1, 0.15) is 30.2 Å². The van der Waals surface area contributed by atoms with Crippen molar-refractivity contribution in [3.63, 3.8) is 0 Å².